The molecule has 110 valence electrons. The fourth-order valence-electron chi connectivity index (χ4n) is 2.44. The summed E-state index contributed by atoms with van der Waals surface area (Å²) in [4.78, 5) is 16.7. The Bertz CT molecular complexity index is 607. The van der Waals surface area contributed by atoms with E-state index in [1.165, 1.54) is 0 Å². The molecule has 0 aromatic carbocycles. The van der Waals surface area contributed by atoms with Crippen molar-refractivity contribution >= 4 is 21.6 Å². The maximum atomic E-state index is 12.5. The zero-order valence-corrected chi connectivity index (χ0v) is 12.5. The predicted molar refractivity (Wildman–Crippen MR) is 77.3 cm³/mol. The van der Waals surface area contributed by atoms with Gasteiger partial charge in [-0.2, -0.15) is 0 Å². The van der Waals surface area contributed by atoms with Gasteiger partial charge in [-0.3, -0.25) is 4.79 Å². The van der Waals surface area contributed by atoms with Crippen LogP contribution in [0.15, 0.2) is 18.2 Å². The third-order valence-electron chi connectivity index (χ3n) is 3.66. The van der Waals surface area contributed by atoms with Gasteiger partial charge in [0.25, 0.3) is 0 Å². The number of amides is 1. The molecule has 0 aliphatic carbocycles. The van der Waals surface area contributed by atoms with Crippen molar-refractivity contribution in [3.63, 3.8) is 0 Å². The van der Waals surface area contributed by atoms with Gasteiger partial charge >= 0.3 is 0 Å². The Morgan fingerprint density at radius 2 is 2.00 bits per heavy atom. The Morgan fingerprint density at radius 3 is 2.55 bits per heavy atom. The second kappa shape index (κ2) is 5.49. The third kappa shape index (κ3) is 2.83. The van der Waals surface area contributed by atoms with E-state index in [1.54, 1.807) is 12.1 Å². The van der Waals surface area contributed by atoms with Crippen molar-refractivity contribution in [3.05, 3.63) is 23.9 Å². The van der Waals surface area contributed by atoms with Crippen molar-refractivity contribution in [2.24, 2.45) is 0 Å². The van der Waals surface area contributed by atoms with Crippen LogP contribution in [0.2, 0.25) is 0 Å². The second-order valence-corrected chi connectivity index (χ2v) is 7.46. The van der Waals surface area contributed by atoms with E-state index in [0.29, 0.717) is 18.9 Å². The highest BCUT2D eigenvalue weighted by atomic mass is 32.2. The van der Waals surface area contributed by atoms with Crippen LogP contribution in [-0.4, -0.2) is 43.4 Å². The zero-order valence-electron chi connectivity index (χ0n) is 11.6. The average molecular weight is 297 g/mol. The van der Waals surface area contributed by atoms with Gasteiger partial charge in [0, 0.05) is 11.9 Å². The van der Waals surface area contributed by atoms with E-state index >= 15 is 0 Å². The van der Waals surface area contributed by atoms with Crippen LogP contribution in [-0.2, 0) is 14.6 Å². The number of aromatic nitrogens is 1. The molecule has 1 aliphatic heterocycles. The number of hydrogen-bond acceptors (Lipinski definition) is 5. The summed E-state index contributed by atoms with van der Waals surface area (Å²) >= 11 is 0. The molecule has 1 aromatic rings. The minimum atomic E-state index is -3.50. The van der Waals surface area contributed by atoms with Crippen LogP contribution < -0.4 is 10.6 Å². The number of carbonyl (C=O) groups is 1. The van der Waals surface area contributed by atoms with E-state index < -0.39 is 20.5 Å². The number of hydrogen-bond donors (Lipinski definition) is 2. The van der Waals surface area contributed by atoms with Crippen molar-refractivity contribution in [3.8, 4) is 0 Å². The molecule has 0 spiro atoms. The average Bonchev–Trinajstić information content (AvgIpc) is 2.38. The predicted octanol–water partition coefficient (Wildman–Crippen LogP) is 0.495. The first-order valence-corrected chi connectivity index (χ1v) is 8.40. The summed E-state index contributed by atoms with van der Waals surface area (Å²) in [6.45, 7) is 2.84. The monoisotopic (exact) mass is 297 g/mol. The molecule has 20 heavy (non-hydrogen) atoms. The lowest BCUT2D eigenvalue weighted by Crippen LogP contribution is -2.55. The van der Waals surface area contributed by atoms with Crippen LogP contribution >= 0.6 is 0 Å². The number of anilines is 1. The van der Waals surface area contributed by atoms with Gasteiger partial charge in [-0.15, -0.1) is 0 Å². The topological polar surface area (TPSA) is 88.2 Å². The van der Waals surface area contributed by atoms with Gasteiger partial charge in [0.2, 0.25) is 5.91 Å². The quantitative estimate of drug-likeness (QED) is 0.848. The summed E-state index contributed by atoms with van der Waals surface area (Å²) in [6, 6.07) is 5.24. The lowest BCUT2D eigenvalue weighted by molar-refractivity contribution is -0.119. The number of nitrogens with one attached hydrogen (secondary N) is 2. The summed E-state index contributed by atoms with van der Waals surface area (Å²) in [5.74, 6) is -0.101. The summed E-state index contributed by atoms with van der Waals surface area (Å²) in [7, 11) is -3.50. The molecule has 2 heterocycles. The van der Waals surface area contributed by atoms with E-state index in [4.69, 9.17) is 0 Å². The van der Waals surface area contributed by atoms with Crippen LogP contribution in [0.1, 0.15) is 18.5 Å². The van der Waals surface area contributed by atoms with Crippen LogP contribution in [0, 0.1) is 6.92 Å². The Kier molecular flexibility index (Phi) is 4.10. The molecular weight excluding hydrogens is 278 g/mol. The molecule has 0 radical (unpaired) electrons. The van der Waals surface area contributed by atoms with Crippen molar-refractivity contribution in [1.29, 1.82) is 0 Å². The maximum absolute atomic E-state index is 12.5. The number of pyridine rings is 1. The Balaban J connectivity index is 2.28. The van der Waals surface area contributed by atoms with Crippen LogP contribution in [0.5, 0.6) is 0 Å². The molecule has 0 saturated carbocycles. The minimum absolute atomic E-state index is 0.281. The highest BCUT2D eigenvalue weighted by molar-refractivity contribution is 7.92. The van der Waals surface area contributed by atoms with E-state index in [9.17, 15) is 13.2 Å². The molecule has 0 atom stereocenters. The van der Waals surface area contributed by atoms with Crippen molar-refractivity contribution in [1.82, 2.24) is 10.3 Å². The largest absolute Gasteiger partial charge is 0.317 e. The molecule has 1 aromatic heterocycles. The first-order valence-electron chi connectivity index (χ1n) is 6.51. The number of nitrogens with zero attached hydrogens (tertiary/aromatic N) is 1. The van der Waals surface area contributed by atoms with Crippen LogP contribution in [0.4, 0.5) is 5.82 Å². The number of piperidine rings is 1. The zero-order chi connectivity index (χ0) is 14.8. The summed E-state index contributed by atoms with van der Waals surface area (Å²) in [5, 5.41) is 5.72. The van der Waals surface area contributed by atoms with Gasteiger partial charge in [0.1, 0.15) is 5.82 Å². The minimum Gasteiger partial charge on any atom is -0.317 e. The molecule has 1 saturated heterocycles. The van der Waals surface area contributed by atoms with Gasteiger partial charge in [0.05, 0.1) is 0 Å². The Hall–Kier alpha value is -1.47. The van der Waals surface area contributed by atoms with E-state index in [-0.39, 0.29) is 12.8 Å². The lowest BCUT2D eigenvalue weighted by atomic mass is 9.96. The highest BCUT2D eigenvalue weighted by Gasteiger charge is 2.48. The van der Waals surface area contributed by atoms with Gasteiger partial charge < -0.3 is 10.6 Å². The molecule has 1 aliphatic rings. The van der Waals surface area contributed by atoms with Gasteiger partial charge in [-0.25, -0.2) is 13.4 Å². The smallest absolute Gasteiger partial charge is 0.247 e. The standard InChI is InChI=1S/C13H19N3O3S/c1-10-4-3-5-11(15-10)16-12(17)13(20(2,18)19)6-8-14-9-7-13/h3-5,14H,6-9H2,1-2H3,(H,15,16,17). The Labute approximate surface area is 118 Å². The molecule has 0 bridgehead atoms. The molecule has 0 unspecified atom stereocenters. The first kappa shape index (κ1) is 14.9. The number of rotatable bonds is 3. The lowest BCUT2D eigenvalue weighted by Gasteiger charge is -2.34. The second-order valence-electron chi connectivity index (χ2n) is 5.13. The van der Waals surface area contributed by atoms with Crippen LogP contribution in [0.25, 0.3) is 0 Å². The summed E-state index contributed by atoms with van der Waals surface area (Å²) in [6.07, 6.45) is 1.69. The van der Waals surface area contributed by atoms with Crippen LogP contribution in [0.3, 0.4) is 0 Å². The summed E-state index contributed by atoms with van der Waals surface area (Å²) < 4.78 is 22.8. The normalized spacial score (nSPS) is 18.5. The van der Waals surface area contributed by atoms with Gasteiger partial charge in [-0.1, -0.05) is 6.07 Å². The van der Waals surface area contributed by atoms with Crippen molar-refractivity contribution in [2.45, 2.75) is 24.5 Å². The van der Waals surface area contributed by atoms with Crippen molar-refractivity contribution in [2.75, 3.05) is 24.7 Å². The molecule has 7 heteroatoms. The van der Waals surface area contributed by atoms with E-state index in [1.807, 2.05) is 13.0 Å². The number of aryl methyl sites for hydroxylation is 1. The number of carbonyl (C=O) groups excluding carboxylic acids is 1. The molecular formula is C13H19N3O3S. The van der Waals surface area contributed by atoms with Gasteiger partial charge in [0.15, 0.2) is 14.6 Å². The van der Waals surface area contributed by atoms with E-state index in [0.717, 1.165) is 11.9 Å². The van der Waals surface area contributed by atoms with Gasteiger partial charge in [-0.05, 0) is 45.0 Å². The SMILES string of the molecule is Cc1cccc(NC(=O)C2(S(C)(=O)=O)CCNCC2)n1. The fraction of sp³-hybridized carbons (Fsp3) is 0.538. The third-order valence-corrected chi connectivity index (χ3v) is 5.68. The van der Waals surface area contributed by atoms with Crippen molar-refractivity contribution < 1.29 is 13.2 Å². The number of sulfone groups is 1. The molecule has 2 N–H and O–H groups in total. The summed E-state index contributed by atoms with van der Waals surface area (Å²) in [5.41, 5.74) is 0.765. The molecule has 1 fully saturated rings. The fourth-order valence-corrected chi connectivity index (χ4v) is 3.77. The molecule has 6 nitrogen and oxygen atoms in total. The maximum Gasteiger partial charge on any atom is 0.247 e. The highest BCUT2D eigenvalue weighted by Crippen LogP contribution is 2.29. The molecule has 2 rings (SSSR count). The Morgan fingerprint density at radius 1 is 1.35 bits per heavy atom. The first-order chi connectivity index (χ1) is 9.35. The molecule has 1 amide bonds. The van der Waals surface area contributed by atoms with E-state index in [2.05, 4.69) is 15.6 Å².